The van der Waals surface area contributed by atoms with Crippen LogP contribution < -0.4 is 0 Å². The van der Waals surface area contributed by atoms with Crippen LogP contribution in [-0.2, 0) is 166 Å². The van der Waals surface area contributed by atoms with Gasteiger partial charge >= 0.3 is 0 Å². The molecule has 35 nitrogen and oxygen atoms in total. The van der Waals surface area contributed by atoms with E-state index in [1.165, 1.54) is 149 Å². The number of rotatable bonds is 28. The molecule has 14 unspecified atom stereocenters. The third-order valence-corrected chi connectivity index (χ3v) is 19.3. The first-order valence-electron chi connectivity index (χ1n) is 32.7. The van der Waals surface area contributed by atoms with E-state index >= 15 is 0 Å². The van der Waals surface area contributed by atoms with E-state index in [1.54, 1.807) is 0 Å². The first-order chi connectivity index (χ1) is 47.7. The highest BCUT2D eigenvalue weighted by atomic mass is 16.8. The number of hydrogen-bond acceptors (Lipinski definition) is 35. The van der Waals surface area contributed by atoms with Gasteiger partial charge in [0.2, 0.25) is 0 Å². The number of ether oxygens (including phenoxy) is 35. The smallest absolute Gasteiger partial charge is 0.187 e. The average molecular weight is 1430 g/mol. The summed E-state index contributed by atoms with van der Waals surface area (Å²) in [7, 11) is 31.7. The molecule has 14 bridgehead atoms. The van der Waals surface area contributed by atoms with Gasteiger partial charge in [-0.1, -0.05) is 0 Å². The zero-order valence-electron chi connectivity index (χ0n) is 60.4. The Morgan fingerprint density at radius 3 is 0.327 bits per heavy atom. The van der Waals surface area contributed by atoms with Gasteiger partial charge in [0.25, 0.3) is 0 Å². The van der Waals surface area contributed by atoms with Crippen LogP contribution in [0.4, 0.5) is 0 Å². The highest BCUT2D eigenvalue weighted by Crippen LogP contribution is 2.43. The lowest BCUT2D eigenvalue weighted by molar-refractivity contribution is -0.402. The van der Waals surface area contributed by atoms with Gasteiger partial charge in [-0.15, -0.1) is 0 Å². The van der Waals surface area contributed by atoms with Crippen LogP contribution in [0.2, 0.25) is 0 Å². The zero-order valence-corrected chi connectivity index (χ0v) is 60.4. The molecule has 0 radical (unpaired) electrons. The molecule has 0 saturated carbocycles. The van der Waals surface area contributed by atoms with Gasteiger partial charge < -0.3 is 166 Å². The summed E-state index contributed by atoms with van der Waals surface area (Å²) < 4.78 is 226. The van der Waals surface area contributed by atoms with Gasteiger partial charge in [0, 0.05) is 149 Å². The summed E-state index contributed by atoms with van der Waals surface area (Å²) in [5.41, 5.74) is 0. The SMILES string of the molecule is COCC1O[C@@H]2O[C@@H]3C(COC)O[C@H](O[C@@H]4C(COC)O[C@H](O[C@@H]5C(COC)O[C@@H](O[C@@H]6C(COC)O[C@H](O[C@@H]7C(COC)O[C@H](O[C@@H]8C(COC)O[C@H](O[C@H]1[C@H](OC)C2OC)C(OC)[C@H]8OC)C(OC)[C@H]7OC)C(OC)[C@H]6OC)C(OC)[C@H]5OC)C(OC)[C@H]4OC)C(OC)[C@H]3OC. The minimum atomic E-state index is -1.22. The molecule has 574 valence electrons. The van der Waals surface area contributed by atoms with E-state index in [9.17, 15) is 0 Å². The van der Waals surface area contributed by atoms with Gasteiger partial charge in [0.05, 0.1) is 46.2 Å². The van der Waals surface area contributed by atoms with Gasteiger partial charge in [-0.3, -0.25) is 0 Å². The Balaban J connectivity index is 1.23. The second-order valence-electron chi connectivity index (χ2n) is 24.5. The summed E-state index contributed by atoms with van der Waals surface area (Å²) in [6.07, 6.45) is -35.9. The summed E-state index contributed by atoms with van der Waals surface area (Å²) in [6, 6.07) is 0. The highest BCUT2D eigenvalue weighted by Gasteiger charge is 2.62. The van der Waals surface area contributed by atoms with E-state index in [0.29, 0.717) is 0 Å². The summed E-state index contributed by atoms with van der Waals surface area (Å²) in [5, 5.41) is 0. The highest BCUT2D eigenvalue weighted by molar-refractivity contribution is 5.04. The largest absolute Gasteiger partial charge is 0.382 e. The molecule has 0 aliphatic carbocycles. The predicted octanol–water partition coefficient (Wildman–Crippen LogP) is -1.49. The van der Waals surface area contributed by atoms with E-state index in [1.807, 2.05) is 0 Å². The second kappa shape index (κ2) is 40.4. The van der Waals surface area contributed by atoms with Crippen LogP contribution in [0.5, 0.6) is 0 Å². The van der Waals surface area contributed by atoms with Crippen LogP contribution in [-0.4, -0.2) is 410 Å². The fourth-order valence-corrected chi connectivity index (χ4v) is 14.9. The maximum absolute atomic E-state index is 7.03. The number of methoxy groups -OCH3 is 21. The standard InChI is InChI=1S/C63H112O35/c1-64-22-29-36-43(71-8)50(78-15)57(85-29)93-37-30(23-65-2)87-59(52(80-17)44(37)72-9)95-39-32(25-67-4)89-61(54(82-19)46(39)74-11)97-41-34(27-69-6)91-63(56(84-21)48(41)76-13)98-42-35(28-70-7)90-62(55(83-20)49(42)77-14)96-40-33(26-68-5)88-60(53(81-18)47(40)75-12)94-38-31(24-66-3)86-58(92-36)51(79-16)45(38)73-10/h29-63H,22-28H2,1-21H3/t29?,30?,31?,32?,33?,34?,35?,36-,37-,38-,39-,40-,41-,42-,43+,44+,45+,46+,47+,48+,49+,50?,51?,52?,53?,54?,55?,56?,57-,58-,59-,60-,61-,62-,63+/m1/s1. The van der Waals surface area contributed by atoms with Crippen molar-refractivity contribution in [3.05, 3.63) is 0 Å². The predicted molar refractivity (Wildman–Crippen MR) is 329 cm³/mol. The molecule has 0 aromatic carbocycles. The molecule has 21 saturated heterocycles. The van der Waals surface area contributed by atoms with Crippen molar-refractivity contribution >= 4 is 0 Å². The summed E-state index contributed by atoms with van der Waals surface area (Å²) in [6.45, 7) is -0.267. The van der Waals surface area contributed by atoms with Crippen LogP contribution in [0.3, 0.4) is 0 Å². The van der Waals surface area contributed by atoms with E-state index in [0.717, 1.165) is 0 Å². The lowest BCUT2D eigenvalue weighted by Gasteiger charge is -2.52. The van der Waals surface area contributed by atoms with Gasteiger partial charge in [-0.05, 0) is 0 Å². The molecule has 0 amide bonds. The molecule has 21 heterocycles. The molecule has 0 N–H and O–H groups in total. The molecule has 98 heavy (non-hydrogen) atoms. The summed E-state index contributed by atoms with van der Waals surface area (Å²) in [5.74, 6) is 0. The van der Waals surface area contributed by atoms with Crippen LogP contribution >= 0.6 is 0 Å². The Morgan fingerprint density at radius 1 is 0.143 bits per heavy atom. The molecule has 35 atom stereocenters. The van der Waals surface area contributed by atoms with Crippen molar-refractivity contribution in [2.45, 2.75) is 215 Å². The normalized spacial score (nSPS) is 46.1. The van der Waals surface area contributed by atoms with Crippen molar-refractivity contribution < 1.29 is 166 Å². The Morgan fingerprint density at radius 2 is 0.245 bits per heavy atom. The molecule has 35 heteroatoms. The Hall–Kier alpha value is -1.40. The quantitative estimate of drug-likeness (QED) is 0.0861. The fourth-order valence-electron chi connectivity index (χ4n) is 14.9. The Bertz CT molecular complexity index is 1800. The molecule has 0 aromatic rings. The van der Waals surface area contributed by atoms with E-state index in [-0.39, 0.29) is 46.2 Å². The summed E-state index contributed by atoms with van der Waals surface area (Å²) in [4.78, 5) is 0. The van der Waals surface area contributed by atoms with E-state index in [4.69, 9.17) is 166 Å². The van der Waals surface area contributed by atoms with Crippen molar-refractivity contribution in [2.75, 3.05) is 196 Å². The van der Waals surface area contributed by atoms with Crippen molar-refractivity contribution in [3.63, 3.8) is 0 Å². The zero-order chi connectivity index (χ0) is 70.9. The van der Waals surface area contributed by atoms with Crippen molar-refractivity contribution in [2.24, 2.45) is 0 Å². The number of hydrogen-bond donors (Lipinski definition) is 0. The molecule has 0 aromatic heterocycles. The van der Waals surface area contributed by atoms with Gasteiger partial charge in [0.1, 0.15) is 171 Å². The molecular formula is C63H112O35. The maximum atomic E-state index is 7.03. The molecule has 21 fully saturated rings. The van der Waals surface area contributed by atoms with Crippen molar-refractivity contribution in [3.8, 4) is 0 Å². The van der Waals surface area contributed by atoms with Crippen LogP contribution in [0.15, 0.2) is 0 Å². The Kier molecular flexibility index (Phi) is 33.9. The molecule has 21 rings (SSSR count). The fraction of sp³-hybridized carbons (Fsp3) is 1.00. The van der Waals surface area contributed by atoms with Crippen LogP contribution in [0.1, 0.15) is 0 Å². The lowest BCUT2D eigenvalue weighted by atomic mass is 9.94. The second-order valence-corrected chi connectivity index (χ2v) is 24.5. The average Bonchev–Trinajstić information content (AvgIpc) is 0.768. The van der Waals surface area contributed by atoms with E-state index in [2.05, 4.69) is 0 Å². The van der Waals surface area contributed by atoms with Gasteiger partial charge in [0.15, 0.2) is 44.0 Å². The third-order valence-electron chi connectivity index (χ3n) is 19.3. The first-order valence-corrected chi connectivity index (χ1v) is 32.7. The van der Waals surface area contributed by atoms with Crippen molar-refractivity contribution in [1.29, 1.82) is 0 Å². The van der Waals surface area contributed by atoms with Gasteiger partial charge in [-0.2, -0.15) is 0 Å². The van der Waals surface area contributed by atoms with Crippen LogP contribution in [0.25, 0.3) is 0 Å². The topological polar surface area (TPSA) is 323 Å². The molecule has 21 aliphatic heterocycles. The minimum absolute atomic E-state index is 0.0381. The first kappa shape index (κ1) is 82.3. The van der Waals surface area contributed by atoms with Gasteiger partial charge in [-0.25, -0.2) is 0 Å². The van der Waals surface area contributed by atoms with Crippen molar-refractivity contribution in [1.82, 2.24) is 0 Å². The maximum Gasteiger partial charge on any atom is 0.187 e. The molecule has 21 aliphatic rings. The minimum Gasteiger partial charge on any atom is -0.382 e. The molecule has 0 spiro atoms. The Labute approximate surface area is 574 Å². The molecular weight excluding hydrogens is 1320 g/mol. The third kappa shape index (κ3) is 17.8. The van der Waals surface area contributed by atoms with Crippen LogP contribution in [0, 0.1) is 0 Å². The monoisotopic (exact) mass is 1430 g/mol. The lowest BCUT2D eigenvalue weighted by Crippen LogP contribution is -2.69. The van der Waals surface area contributed by atoms with E-state index < -0.39 is 215 Å². The summed E-state index contributed by atoms with van der Waals surface area (Å²) >= 11 is 0.